The van der Waals surface area contributed by atoms with Gasteiger partial charge in [0.1, 0.15) is 15.8 Å². The summed E-state index contributed by atoms with van der Waals surface area (Å²) in [6, 6.07) is 15.5. The van der Waals surface area contributed by atoms with Gasteiger partial charge < -0.3 is 5.32 Å². The molecule has 0 aliphatic carbocycles. The lowest BCUT2D eigenvalue weighted by molar-refractivity contribution is -0.122. The molecule has 170 valence electrons. The van der Waals surface area contributed by atoms with E-state index in [1.807, 2.05) is 24.3 Å². The first-order valence-electron chi connectivity index (χ1n) is 11.1. The van der Waals surface area contributed by atoms with Gasteiger partial charge in [0.2, 0.25) is 0 Å². The van der Waals surface area contributed by atoms with Gasteiger partial charge in [0, 0.05) is 19.3 Å². The number of nitrogens with zero attached hydrogens (tertiary/aromatic N) is 3. The van der Waals surface area contributed by atoms with E-state index in [9.17, 15) is 9.59 Å². The van der Waals surface area contributed by atoms with E-state index in [1.54, 1.807) is 29.3 Å². The van der Waals surface area contributed by atoms with Crippen molar-refractivity contribution >= 4 is 51.7 Å². The smallest absolute Gasteiger partial charge is 0.267 e. The minimum Gasteiger partial charge on any atom is -0.369 e. The standard InChI is InChI=1S/C25H26N4O2S2/c1-2-3-8-16-29-24(31)20(33-25(29)32)17-19-22(26-14-13-18-10-5-4-6-11-18)27-21-12-7-9-15-28(21)23(19)30/h4-7,9-12,15,17,26H,2-3,8,13-14,16H2,1H3/b20-17+. The average Bonchev–Trinajstić information content (AvgIpc) is 3.09. The van der Waals surface area contributed by atoms with E-state index in [2.05, 4.69) is 29.4 Å². The van der Waals surface area contributed by atoms with Gasteiger partial charge >= 0.3 is 0 Å². The lowest BCUT2D eigenvalue weighted by Gasteiger charge is -2.13. The van der Waals surface area contributed by atoms with E-state index in [0.717, 1.165) is 25.7 Å². The highest BCUT2D eigenvalue weighted by Gasteiger charge is 2.32. The zero-order valence-corrected chi connectivity index (χ0v) is 20.1. The minimum absolute atomic E-state index is 0.145. The second-order valence-electron chi connectivity index (χ2n) is 7.81. The summed E-state index contributed by atoms with van der Waals surface area (Å²) in [5.41, 5.74) is 1.88. The molecular formula is C25H26N4O2S2. The van der Waals surface area contributed by atoms with E-state index in [4.69, 9.17) is 12.2 Å². The molecule has 1 saturated heterocycles. The normalized spacial score (nSPS) is 15.1. The Labute approximate surface area is 202 Å². The van der Waals surface area contributed by atoms with Crippen molar-refractivity contribution in [3.63, 3.8) is 0 Å². The van der Waals surface area contributed by atoms with Gasteiger partial charge in [-0.25, -0.2) is 4.98 Å². The van der Waals surface area contributed by atoms with Crippen LogP contribution in [0.25, 0.3) is 11.7 Å². The van der Waals surface area contributed by atoms with Crippen LogP contribution in [0.4, 0.5) is 5.82 Å². The van der Waals surface area contributed by atoms with Crippen LogP contribution in [0, 0.1) is 0 Å². The molecule has 3 heterocycles. The molecule has 2 aromatic heterocycles. The lowest BCUT2D eigenvalue weighted by Crippen LogP contribution is -2.29. The number of carbonyl (C=O) groups is 1. The van der Waals surface area contributed by atoms with E-state index in [0.29, 0.717) is 39.3 Å². The third-order valence-corrected chi connectivity index (χ3v) is 6.83. The van der Waals surface area contributed by atoms with Crippen molar-refractivity contribution in [2.24, 2.45) is 0 Å². The fourth-order valence-electron chi connectivity index (χ4n) is 3.68. The molecule has 1 aromatic carbocycles. The molecule has 0 spiro atoms. The Balaban J connectivity index is 1.64. The van der Waals surface area contributed by atoms with Gasteiger partial charge in [-0.1, -0.05) is 80.1 Å². The molecule has 1 amide bonds. The number of hydrogen-bond acceptors (Lipinski definition) is 6. The highest BCUT2D eigenvalue weighted by Crippen LogP contribution is 2.33. The van der Waals surface area contributed by atoms with Crippen molar-refractivity contribution in [2.45, 2.75) is 32.6 Å². The number of unbranched alkanes of at least 4 members (excludes halogenated alkanes) is 2. The summed E-state index contributed by atoms with van der Waals surface area (Å²) < 4.78 is 2.03. The zero-order chi connectivity index (χ0) is 23.2. The number of pyridine rings is 1. The summed E-state index contributed by atoms with van der Waals surface area (Å²) in [4.78, 5) is 33.1. The number of aromatic nitrogens is 2. The summed E-state index contributed by atoms with van der Waals surface area (Å²) in [7, 11) is 0. The first-order valence-corrected chi connectivity index (χ1v) is 12.4. The molecule has 1 N–H and O–H groups in total. The largest absolute Gasteiger partial charge is 0.369 e. The molecule has 3 aromatic rings. The van der Waals surface area contributed by atoms with Gasteiger partial charge in [-0.05, 0) is 36.6 Å². The Morgan fingerprint density at radius 2 is 1.88 bits per heavy atom. The summed E-state index contributed by atoms with van der Waals surface area (Å²) in [6.45, 7) is 3.34. The van der Waals surface area contributed by atoms with E-state index in [-0.39, 0.29) is 11.5 Å². The van der Waals surface area contributed by atoms with Crippen LogP contribution in [0.1, 0.15) is 37.3 Å². The van der Waals surface area contributed by atoms with Gasteiger partial charge in [0.25, 0.3) is 11.5 Å². The van der Waals surface area contributed by atoms with E-state index >= 15 is 0 Å². The third kappa shape index (κ3) is 5.34. The van der Waals surface area contributed by atoms with Crippen LogP contribution in [-0.4, -0.2) is 37.6 Å². The fraction of sp³-hybridized carbons (Fsp3) is 0.280. The Hall–Kier alpha value is -2.97. The van der Waals surface area contributed by atoms with Gasteiger partial charge in [0.05, 0.1) is 10.5 Å². The van der Waals surface area contributed by atoms with Crippen molar-refractivity contribution in [1.29, 1.82) is 0 Å². The first kappa shape index (κ1) is 23.2. The van der Waals surface area contributed by atoms with Crippen LogP contribution in [0.2, 0.25) is 0 Å². The van der Waals surface area contributed by atoms with Crippen LogP contribution < -0.4 is 10.9 Å². The van der Waals surface area contributed by atoms with Gasteiger partial charge in [0.15, 0.2) is 0 Å². The summed E-state index contributed by atoms with van der Waals surface area (Å²) in [6.07, 6.45) is 7.13. The van der Waals surface area contributed by atoms with E-state index in [1.165, 1.54) is 21.7 Å². The van der Waals surface area contributed by atoms with Crippen LogP contribution in [-0.2, 0) is 11.2 Å². The summed E-state index contributed by atoms with van der Waals surface area (Å²) in [5.74, 6) is 0.326. The first-order chi connectivity index (χ1) is 16.1. The molecule has 6 nitrogen and oxygen atoms in total. The quantitative estimate of drug-likeness (QED) is 0.272. The number of amides is 1. The third-order valence-electron chi connectivity index (χ3n) is 5.45. The highest BCUT2D eigenvalue weighted by atomic mass is 32.2. The number of thioether (sulfide) groups is 1. The van der Waals surface area contributed by atoms with Crippen molar-refractivity contribution in [2.75, 3.05) is 18.4 Å². The molecule has 0 atom stereocenters. The molecule has 0 unspecified atom stereocenters. The number of thiocarbonyl (C=S) groups is 1. The topological polar surface area (TPSA) is 66.7 Å². The molecule has 4 rings (SSSR count). The second-order valence-corrected chi connectivity index (χ2v) is 9.49. The van der Waals surface area contributed by atoms with Gasteiger partial charge in [-0.2, -0.15) is 0 Å². The Morgan fingerprint density at radius 3 is 2.67 bits per heavy atom. The average molecular weight is 479 g/mol. The number of rotatable bonds is 9. The Kier molecular flexibility index (Phi) is 7.57. The van der Waals surface area contributed by atoms with Crippen LogP contribution >= 0.6 is 24.0 Å². The molecule has 1 aliphatic rings. The SMILES string of the molecule is CCCCCN1C(=O)/C(=C\c2c(NCCc3ccccc3)nc3ccccn3c2=O)SC1=S. The van der Waals surface area contributed by atoms with Crippen LogP contribution in [0.3, 0.4) is 0 Å². The molecule has 1 fully saturated rings. The number of benzene rings is 1. The molecule has 1 aliphatic heterocycles. The second kappa shape index (κ2) is 10.8. The van der Waals surface area contributed by atoms with Crippen molar-refractivity contribution in [1.82, 2.24) is 14.3 Å². The maximum absolute atomic E-state index is 13.3. The van der Waals surface area contributed by atoms with Crippen LogP contribution in [0.15, 0.2) is 64.4 Å². The molecule has 0 bridgehead atoms. The highest BCUT2D eigenvalue weighted by molar-refractivity contribution is 8.26. The van der Waals surface area contributed by atoms with Crippen molar-refractivity contribution in [3.8, 4) is 0 Å². The van der Waals surface area contributed by atoms with Gasteiger partial charge in [-0.3, -0.25) is 18.9 Å². The monoisotopic (exact) mass is 478 g/mol. The van der Waals surface area contributed by atoms with E-state index < -0.39 is 0 Å². The number of anilines is 1. The molecule has 33 heavy (non-hydrogen) atoms. The predicted molar refractivity (Wildman–Crippen MR) is 140 cm³/mol. The zero-order valence-electron chi connectivity index (χ0n) is 18.5. The minimum atomic E-state index is -0.223. The molecular weight excluding hydrogens is 452 g/mol. The van der Waals surface area contributed by atoms with Crippen molar-refractivity contribution in [3.05, 3.63) is 81.1 Å². The van der Waals surface area contributed by atoms with Crippen molar-refractivity contribution < 1.29 is 4.79 Å². The maximum atomic E-state index is 13.3. The number of fused-ring (bicyclic) bond motifs is 1. The van der Waals surface area contributed by atoms with Gasteiger partial charge in [-0.15, -0.1) is 0 Å². The number of hydrogen-bond donors (Lipinski definition) is 1. The Morgan fingerprint density at radius 1 is 1.09 bits per heavy atom. The molecule has 0 saturated carbocycles. The molecule has 0 radical (unpaired) electrons. The predicted octanol–water partition coefficient (Wildman–Crippen LogP) is 4.74. The summed E-state index contributed by atoms with van der Waals surface area (Å²) >= 11 is 6.68. The Bertz CT molecular complexity index is 1250. The van der Waals surface area contributed by atoms with Crippen LogP contribution in [0.5, 0.6) is 0 Å². The fourth-order valence-corrected chi connectivity index (χ4v) is 4.97. The number of nitrogens with one attached hydrogen (secondary N) is 1. The number of carbonyl (C=O) groups excluding carboxylic acids is 1. The summed E-state index contributed by atoms with van der Waals surface area (Å²) in [5, 5.41) is 3.31. The lowest BCUT2D eigenvalue weighted by atomic mass is 10.1. The maximum Gasteiger partial charge on any atom is 0.267 e. The molecule has 8 heteroatoms.